The molecule has 9 heteroatoms. The van der Waals surface area contributed by atoms with E-state index in [4.69, 9.17) is 4.98 Å². The van der Waals surface area contributed by atoms with Gasteiger partial charge in [0.1, 0.15) is 5.54 Å². The van der Waals surface area contributed by atoms with E-state index in [1.807, 2.05) is 0 Å². The third-order valence-electron chi connectivity index (χ3n) is 8.41. The molecule has 4 aliphatic rings. The van der Waals surface area contributed by atoms with Gasteiger partial charge in [-0.25, -0.2) is 4.79 Å². The molecule has 1 aromatic heterocycles. The molecule has 0 radical (unpaired) electrons. The molecule has 1 spiro atoms. The van der Waals surface area contributed by atoms with Gasteiger partial charge in [0.15, 0.2) is 0 Å². The first-order chi connectivity index (χ1) is 17.2. The average molecular weight is 593 g/mol. The summed E-state index contributed by atoms with van der Waals surface area (Å²) < 4.78 is 1.06. The summed E-state index contributed by atoms with van der Waals surface area (Å²) in [6, 6.07) is 12.2. The highest BCUT2D eigenvalue weighted by atomic mass is 127. The summed E-state index contributed by atoms with van der Waals surface area (Å²) in [5.74, 6) is -0.153. The molecule has 182 valence electrons. The number of nitrogens with zero attached hydrogens (tertiary/aromatic N) is 3. The van der Waals surface area contributed by atoms with E-state index < -0.39 is 5.54 Å². The van der Waals surface area contributed by atoms with Crippen LogP contribution in [0, 0.1) is 3.57 Å². The van der Waals surface area contributed by atoms with Crippen LogP contribution in [0.1, 0.15) is 35.7 Å². The van der Waals surface area contributed by atoms with Crippen molar-refractivity contribution in [3.8, 4) is 0 Å². The Balaban J connectivity index is 1.22. The lowest BCUT2D eigenvalue weighted by atomic mass is 9.78. The maximum atomic E-state index is 12.7. The molecule has 2 unspecified atom stereocenters. The second-order valence-corrected chi connectivity index (χ2v) is 11.9. The summed E-state index contributed by atoms with van der Waals surface area (Å²) in [5.41, 5.74) is 6.29. The Hall–Kier alpha value is -3.21. The van der Waals surface area contributed by atoms with Crippen molar-refractivity contribution >= 4 is 62.7 Å². The van der Waals surface area contributed by atoms with E-state index in [1.165, 1.54) is 5.56 Å². The van der Waals surface area contributed by atoms with Crippen LogP contribution in [0.3, 0.4) is 0 Å². The summed E-state index contributed by atoms with van der Waals surface area (Å²) in [5, 5.41) is 6.57. The first-order valence-electron chi connectivity index (χ1n) is 12.1. The van der Waals surface area contributed by atoms with E-state index in [2.05, 4.69) is 81.4 Å². The molecule has 0 bridgehead atoms. The summed E-state index contributed by atoms with van der Waals surface area (Å²) >= 11 is 2.29. The molecule has 1 fully saturated rings. The van der Waals surface area contributed by atoms with Gasteiger partial charge in [-0.05, 0) is 64.0 Å². The van der Waals surface area contributed by atoms with Crippen LogP contribution in [0.25, 0.3) is 10.9 Å². The van der Waals surface area contributed by atoms with Gasteiger partial charge >= 0.3 is 6.03 Å². The molecule has 8 nitrogen and oxygen atoms in total. The van der Waals surface area contributed by atoms with Gasteiger partial charge in [-0.1, -0.05) is 13.0 Å². The lowest BCUT2D eigenvalue weighted by Gasteiger charge is -2.31. The number of amides is 4. The number of anilines is 2. The van der Waals surface area contributed by atoms with Crippen LogP contribution in [0.4, 0.5) is 16.2 Å². The van der Waals surface area contributed by atoms with E-state index >= 15 is 0 Å². The minimum absolute atomic E-state index is 0.0701. The maximum Gasteiger partial charge on any atom is 0.324 e. The highest BCUT2D eigenvalue weighted by molar-refractivity contribution is 14.1. The van der Waals surface area contributed by atoms with Crippen LogP contribution in [0.5, 0.6) is 0 Å². The number of nitrogens with one attached hydrogen (secondary N) is 2. The number of hydrogen-bond acceptors (Lipinski definition) is 5. The smallest absolute Gasteiger partial charge is 0.324 e. The van der Waals surface area contributed by atoms with Crippen molar-refractivity contribution in [2.45, 2.75) is 43.7 Å². The van der Waals surface area contributed by atoms with Crippen molar-refractivity contribution in [3.05, 3.63) is 62.4 Å². The molecular weight excluding hydrogens is 569 g/mol. The average Bonchev–Trinajstić information content (AvgIpc) is 3.40. The number of likely N-dealkylation sites (N-methyl/N-ethyl adjacent to an activating group) is 1. The van der Waals surface area contributed by atoms with Crippen molar-refractivity contribution in [1.82, 2.24) is 15.2 Å². The molecule has 1 saturated heterocycles. The quantitative estimate of drug-likeness (QED) is 0.351. The second kappa shape index (κ2) is 7.18. The monoisotopic (exact) mass is 593 g/mol. The fraction of sp³-hybridized carbons (Fsp3) is 0.333. The lowest BCUT2D eigenvalue weighted by molar-refractivity contribution is -0.125. The molecule has 2 atom stereocenters. The Bertz CT molecular complexity index is 1550. The number of imide groups is 1. The van der Waals surface area contributed by atoms with Gasteiger partial charge in [0, 0.05) is 58.5 Å². The number of fused-ring (bicyclic) bond motifs is 2. The second-order valence-electron chi connectivity index (χ2n) is 10.8. The zero-order valence-electron chi connectivity index (χ0n) is 19.9. The van der Waals surface area contributed by atoms with Gasteiger partial charge in [-0.3, -0.25) is 19.9 Å². The first kappa shape index (κ1) is 22.0. The standard InChI is InChI=1S/C27H24IN5O3/c1-26-11-21(34)30-23-18(28)5-6-20(22(23)26)33(13-26)12-17-4-3-14-7-15-9-27(10-16(15)8-19(14)29-17)24(35)31-25(36)32(27)2/h3-8H,9-13H2,1-2H3,(H,30,34)(H,31,35,36). The van der Waals surface area contributed by atoms with Crippen LogP contribution in [0.15, 0.2) is 36.4 Å². The van der Waals surface area contributed by atoms with Crippen LogP contribution < -0.4 is 15.5 Å². The van der Waals surface area contributed by atoms with E-state index in [1.54, 1.807) is 11.9 Å². The van der Waals surface area contributed by atoms with Gasteiger partial charge in [-0.2, -0.15) is 0 Å². The normalized spacial score (nSPS) is 26.0. The Morgan fingerprint density at radius 1 is 1.03 bits per heavy atom. The van der Waals surface area contributed by atoms with Gasteiger partial charge < -0.3 is 15.1 Å². The highest BCUT2D eigenvalue weighted by Gasteiger charge is 2.54. The SMILES string of the molecule is CN1C(=O)NC(=O)C12Cc1cc3ccc(CN4CC5(C)CC(=O)Nc6c(I)ccc4c65)nc3cc1C2. The predicted molar refractivity (Wildman–Crippen MR) is 144 cm³/mol. The summed E-state index contributed by atoms with van der Waals surface area (Å²) in [6.07, 6.45) is 1.50. The fourth-order valence-electron chi connectivity index (χ4n) is 6.62. The van der Waals surface area contributed by atoms with Gasteiger partial charge in [0.05, 0.1) is 23.4 Å². The molecule has 1 aliphatic carbocycles. The minimum Gasteiger partial charge on any atom is -0.364 e. The molecule has 4 amide bonds. The Labute approximate surface area is 221 Å². The van der Waals surface area contributed by atoms with E-state index in [9.17, 15) is 14.4 Å². The van der Waals surface area contributed by atoms with Crippen molar-refractivity contribution in [2.75, 3.05) is 23.8 Å². The number of pyridine rings is 1. The van der Waals surface area contributed by atoms with Gasteiger partial charge in [0.2, 0.25) is 5.91 Å². The van der Waals surface area contributed by atoms with Crippen molar-refractivity contribution in [2.24, 2.45) is 0 Å². The summed E-state index contributed by atoms with van der Waals surface area (Å²) in [6.45, 7) is 3.59. The van der Waals surface area contributed by atoms with Crippen molar-refractivity contribution in [3.63, 3.8) is 0 Å². The number of rotatable bonds is 2. The number of carbonyl (C=O) groups excluding carboxylic acids is 3. The molecule has 7 rings (SSSR count). The number of hydrogen-bond donors (Lipinski definition) is 2. The number of carbonyl (C=O) groups is 3. The molecule has 3 aromatic rings. The molecule has 4 heterocycles. The van der Waals surface area contributed by atoms with Crippen LogP contribution in [-0.4, -0.2) is 46.9 Å². The van der Waals surface area contributed by atoms with Gasteiger partial charge in [0.25, 0.3) is 5.91 Å². The van der Waals surface area contributed by atoms with E-state index in [0.29, 0.717) is 25.8 Å². The van der Waals surface area contributed by atoms with Crippen LogP contribution in [-0.2, 0) is 34.4 Å². The first-order valence-corrected chi connectivity index (χ1v) is 13.1. The topological polar surface area (TPSA) is 94.6 Å². The molecule has 2 aromatic carbocycles. The van der Waals surface area contributed by atoms with Crippen LogP contribution >= 0.6 is 22.6 Å². The Kier molecular flexibility index (Phi) is 4.39. The number of aromatic nitrogens is 1. The van der Waals surface area contributed by atoms with E-state index in [-0.39, 0.29) is 23.3 Å². The number of halogens is 1. The lowest BCUT2D eigenvalue weighted by Crippen LogP contribution is -2.48. The third kappa shape index (κ3) is 2.92. The number of benzene rings is 2. The Morgan fingerprint density at radius 2 is 1.81 bits per heavy atom. The summed E-state index contributed by atoms with van der Waals surface area (Å²) in [4.78, 5) is 46.1. The number of urea groups is 1. The zero-order valence-corrected chi connectivity index (χ0v) is 22.1. The molecule has 36 heavy (non-hydrogen) atoms. The maximum absolute atomic E-state index is 12.7. The molecule has 2 N–H and O–H groups in total. The van der Waals surface area contributed by atoms with E-state index in [0.717, 1.165) is 49.2 Å². The molecule has 0 saturated carbocycles. The fourth-order valence-corrected chi connectivity index (χ4v) is 7.21. The molecule has 3 aliphatic heterocycles. The zero-order chi connectivity index (χ0) is 25.0. The predicted octanol–water partition coefficient (Wildman–Crippen LogP) is 3.48. The third-order valence-corrected chi connectivity index (χ3v) is 9.31. The Morgan fingerprint density at radius 3 is 2.56 bits per heavy atom. The highest BCUT2D eigenvalue weighted by Crippen LogP contribution is 2.51. The largest absolute Gasteiger partial charge is 0.364 e. The minimum atomic E-state index is -0.837. The van der Waals surface area contributed by atoms with Gasteiger partial charge in [-0.15, -0.1) is 0 Å². The molecular formula is C27H24IN5O3. The van der Waals surface area contributed by atoms with Crippen LogP contribution in [0.2, 0.25) is 0 Å². The summed E-state index contributed by atoms with van der Waals surface area (Å²) in [7, 11) is 1.69. The van der Waals surface area contributed by atoms with Crippen molar-refractivity contribution in [1.29, 1.82) is 0 Å². The van der Waals surface area contributed by atoms with Crippen molar-refractivity contribution < 1.29 is 14.4 Å².